The van der Waals surface area contributed by atoms with Crippen molar-refractivity contribution in [1.29, 1.82) is 0 Å². The largest absolute Gasteiger partial charge is 0.483 e. The fourth-order valence-corrected chi connectivity index (χ4v) is 4.06. The first-order chi connectivity index (χ1) is 12.5. The summed E-state index contributed by atoms with van der Waals surface area (Å²) in [4.78, 5) is 18.0. The number of aromatic nitrogens is 1. The molecule has 0 bridgehead atoms. The van der Waals surface area contributed by atoms with E-state index in [1.807, 2.05) is 43.0 Å². The quantitative estimate of drug-likeness (QED) is 0.744. The highest BCUT2D eigenvalue weighted by molar-refractivity contribution is 6.30. The SMILES string of the molecule is Cc1cc(Cl)cc(C)c1OCC(=O)N1CCc2[nH]c3ccccc3c2C1. The van der Waals surface area contributed by atoms with Crippen LogP contribution in [0.5, 0.6) is 5.75 Å². The number of aromatic amines is 1. The van der Waals surface area contributed by atoms with Crippen LogP contribution < -0.4 is 4.74 Å². The molecule has 1 aliphatic heterocycles. The molecule has 1 amide bonds. The third-order valence-corrected chi connectivity index (χ3v) is 5.22. The lowest BCUT2D eigenvalue weighted by atomic mass is 10.0. The minimum absolute atomic E-state index is 0.00896. The Morgan fingerprint density at radius 3 is 2.73 bits per heavy atom. The normalized spacial score (nSPS) is 13.7. The summed E-state index contributed by atoms with van der Waals surface area (Å²) >= 11 is 6.06. The Kier molecular flexibility index (Phi) is 4.37. The van der Waals surface area contributed by atoms with Gasteiger partial charge < -0.3 is 14.6 Å². The number of H-pyrrole nitrogens is 1. The van der Waals surface area contributed by atoms with E-state index in [2.05, 4.69) is 17.1 Å². The standard InChI is InChI=1S/C21H21ClN2O2/c1-13-9-15(22)10-14(2)21(13)26-12-20(25)24-8-7-19-17(11-24)16-5-3-4-6-18(16)23-19/h3-6,9-10,23H,7-8,11-12H2,1-2H3. The van der Waals surface area contributed by atoms with Gasteiger partial charge in [0.2, 0.25) is 0 Å². The molecule has 0 fully saturated rings. The van der Waals surface area contributed by atoms with E-state index in [4.69, 9.17) is 16.3 Å². The fraction of sp³-hybridized carbons (Fsp3) is 0.286. The van der Waals surface area contributed by atoms with Gasteiger partial charge in [-0.1, -0.05) is 29.8 Å². The molecule has 0 aliphatic carbocycles. The highest BCUT2D eigenvalue weighted by Gasteiger charge is 2.24. The van der Waals surface area contributed by atoms with E-state index in [1.165, 1.54) is 16.6 Å². The van der Waals surface area contributed by atoms with Crippen LogP contribution in [0, 0.1) is 13.8 Å². The molecule has 0 atom stereocenters. The van der Waals surface area contributed by atoms with Crippen LogP contribution in [0.15, 0.2) is 36.4 Å². The molecular formula is C21H21ClN2O2. The van der Waals surface area contributed by atoms with Crippen molar-refractivity contribution in [2.75, 3.05) is 13.2 Å². The maximum absolute atomic E-state index is 12.7. The Morgan fingerprint density at radius 1 is 1.23 bits per heavy atom. The van der Waals surface area contributed by atoms with Crippen molar-refractivity contribution in [1.82, 2.24) is 9.88 Å². The summed E-state index contributed by atoms with van der Waals surface area (Å²) < 4.78 is 5.84. The first-order valence-electron chi connectivity index (χ1n) is 8.78. The summed E-state index contributed by atoms with van der Waals surface area (Å²) in [5, 5.41) is 1.88. The summed E-state index contributed by atoms with van der Waals surface area (Å²) in [7, 11) is 0. The molecule has 4 nitrogen and oxygen atoms in total. The maximum Gasteiger partial charge on any atom is 0.260 e. The van der Waals surface area contributed by atoms with E-state index >= 15 is 0 Å². The lowest BCUT2D eigenvalue weighted by Crippen LogP contribution is -2.38. The van der Waals surface area contributed by atoms with Crippen LogP contribution >= 0.6 is 11.6 Å². The third-order valence-electron chi connectivity index (χ3n) is 5.00. The van der Waals surface area contributed by atoms with Crippen LogP contribution in [-0.4, -0.2) is 28.9 Å². The smallest absolute Gasteiger partial charge is 0.260 e. The Hall–Kier alpha value is -2.46. The number of benzene rings is 2. The molecule has 0 spiro atoms. The summed E-state index contributed by atoms with van der Waals surface area (Å²) in [5.74, 6) is 0.752. The van der Waals surface area contributed by atoms with Crippen LogP contribution in [0.4, 0.5) is 0 Å². The summed E-state index contributed by atoms with van der Waals surface area (Å²) in [6.45, 7) is 5.26. The Labute approximate surface area is 157 Å². The zero-order valence-electron chi connectivity index (χ0n) is 14.9. The number of halogens is 1. The average molecular weight is 369 g/mol. The van der Waals surface area contributed by atoms with Crippen molar-refractivity contribution in [2.45, 2.75) is 26.8 Å². The molecular weight excluding hydrogens is 348 g/mol. The monoisotopic (exact) mass is 368 g/mol. The first kappa shape index (κ1) is 17.0. The summed E-state index contributed by atoms with van der Waals surface area (Å²) in [6.07, 6.45) is 0.842. The highest BCUT2D eigenvalue weighted by atomic mass is 35.5. The van der Waals surface area contributed by atoms with E-state index in [9.17, 15) is 4.79 Å². The van der Waals surface area contributed by atoms with Crippen molar-refractivity contribution in [3.05, 3.63) is 63.8 Å². The lowest BCUT2D eigenvalue weighted by Gasteiger charge is -2.27. The second-order valence-corrected chi connectivity index (χ2v) is 7.29. The zero-order valence-corrected chi connectivity index (χ0v) is 15.7. The lowest BCUT2D eigenvalue weighted by molar-refractivity contribution is -0.134. The molecule has 0 radical (unpaired) electrons. The van der Waals surface area contributed by atoms with Crippen molar-refractivity contribution in [3.8, 4) is 5.75 Å². The molecule has 2 aromatic carbocycles. The molecule has 134 valence electrons. The van der Waals surface area contributed by atoms with E-state index in [-0.39, 0.29) is 12.5 Å². The van der Waals surface area contributed by atoms with E-state index in [0.717, 1.165) is 28.8 Å². The first-order valence-corrected chi connectivity index (χ1v) is 9.16. The minimum Gasteiger partial charge on any atom is -0.483 e. The molecule has 4 rings (SSSR count). The summed E-state index contributed by atoms with van der Waals surface area (Å²) in [6, 6.07) is 12.0. The third kappa shape index (κ3) is 3.06. The van der Waals surface area contributed by atoms with Crippen molar-refractivity contribution in [3.63, 3.8) is 0 Å². The molecule has 5 heteroatoms. The molecule has 2 heterocycles. The molecule has 1 N–H and O–H groups in total. The van der Waals surface area contributed by atoms with E-state index in [0.29, 0.717) is 18.1 Å². The van der Waals surface area contributed by atoms with Crippen molar-refractivity contribution >= 4 is 28.4 Å². The maximum atomic E-state index is 12.7. The van der Waals surface area contributed by atoms with Crippen molar-refractivity contribution < 1.29 is 9.53 Å². The highest BCUT2D eigenvalue weighted by Crippen LogP contribution is 2.29. The van der Waals surface area contributed by atoms with Gasteiger partial charge in [0.05, 0.1) is 0 Å². The van der Waals surface area contributed by atoms with Gasteiger partial charge in [0, 0.05) is 46.7 Å². The average Bonchev–Trinajstić information content (AvgIpc) is 2.98. The number of carbonyl (C=O) groups excluding carboxylic acids is 1. The van der Waals surface area contributed by atoms with Crippen LogP contribution in [0.25, 0.3) is 10.9 Å². The Morgan fingerprint density at radius 2 is 1.96 bits per heavy atom. The van der Waals surface area contributed by atoms with E-state index in [1.54, 1.807) is 0 Å². The Balaban J connectivity index is 1.48. The predicted octanol–water partition coefficient (Wildman–Crippen LogP) is 4.40. The number of fused-ring (bicyclic) bond motifs is 3. The second-order valence-electron chi connectivity index (χ2n) is 6.85. The number of hydrogen-bond acceptors (Lipinski definition) is 2. The fourth-order valence-electron chi connectivity index (χ4n) is 3.73. The van der Waals surface area contributed by atoms with E-state index < -0.39 is 0 Å². The molecule has 26 heavy (non-hydrogen) atoms. The van der Waals surface area contributed by atoms with Gasteiger partial charge in [0.15, 0.2) is 6.61 Å². The molecule has 3 aromatic rings. The number of para-hydroxylation sites is 1. The number of hydrogen-bond donors (Lipinski definition) is 1. The van der Waals surface area contributed by atoms with Gasteiger partial charge in [0.1, 0.15) is 5.75 Å². The molecule has 0 unspecified atom stereocenters. The number of nitrogens with one attached hydrogen (secondary N) is 1. The van der Waals surface area contributed by atoms with Crippen LogP contribution in [0.3, 0.4) is 0 Å². The van der Waals surface area contributed by atoms with Crippen LogP contribution in [0.1, 0.15) is 22.4 Å². The van der Waals surface area contributed by atoms with Gasteiger partial charge in [-0.05, 0) is 43.2 Å². The number of nitrogens with zero attached hydrogens (tertiary/aromatic N) is 1. The second kappa shape index (κ2) is 6.69. The topological polar surface area (TPSA) is 45.3 Å². The molecule has 0 saturated heterocycles. The zero-order chi connectivity index (χ0) is 18.3. The van der Waals surface area contributed by atoms with Gasteiger partial charge in [-0.25, -0.2) is 0 Å². The van der Waals surface area contributed by atoms with Gasteiger partial charge in [0.25, 0.3) is 5.91 Å². The van der Waals surface area contributed by atoms with Crippen molar-refractivity contribution in [2.24, 2.45) is 0 Å². The number of aryl methyl sites for hydroxylation is 2. The minimum atomic E-state index is 0.00896. The molecule has 1 aliphatic rings. The number of rotatable bonds is 3. The number of amides is 1. The van der Waals surface area contributed by atoms with Gasteiger partial charge in [-0.2, -0.15) is 0 Å². The van der Waals surface area contributed by atoms with Gasteiger partial charge >= 0.3 is 0 Å². The van der Waals surface area contributed by atoms with Gasteiger partial charge in [-0.15, -0.1) is 0 Å². The van der Waals surface area contributed by atoms with Crippen LogP contribution in [-0.2, 0) is 17.8 Å². The van der Waals surface area contributed by atoms with Crippen LogP contribution in [0.2, 0.25) is 5.02 Å². The number of carbonyl (C=O) groups is 1. The molecule has 0 saturated carbocycles. The molecule has 1 aromatic heterocycles. The summed E-state index contributed by atoms with van der Waals surface area (Å²) in [5.41, 5.74) is 5.48. The van der Waals surface area contributed by atoms with Gasteiger partial charge in [-0.3, -0.25) is 4.79 Å². The predicted molar refractivity (Wildman–Crippen MR) is 104 cm³/mol. The Bertz CT molecular complexity index is 970. The number of ether oxygens (including phenoxy) is 1.